The van der Waals surface area contributed by atoms with Gasteiger partial charge in [0.15, 0.2) is 0 Å². The van der Waals surface area contributed by atoms with Gasteiger partial charge >= 0.3 is 6.18 Å². The first-order chi connectivity index (χ1) is 9.79. The predicted molar refractivity (Wildman–Crippen MR) is 76.9 cm³/mol. The molecule has 1 aromatic heterocycles. The van der Waals surface area contributed by atoms with E-state index in [0.29, 0.717) is 12.1 Å². The number of fused-ring (bicyclic) bond motifs is 1. The molecule has 116 valence electrons. The lowest BCUT2D eigenvalue weighted by Gasteiger charge is -2.10. The van der Waals surface area contributed by atoms with Crippen molar-refractivity contribution >= 4 is 17.0 Å². The molecule has 0 bridgehead atoms. The third kappa shape index (κ3) is 3.66. The van der Waals surface area contributed by atoms with Gasteiger partial charge in [-0.25, -0.2) is 4.98 Å². The van der Waals surface area contributed by atoms with Crippen molar-refractivity contribution in [3.8, 4) is 0 Å². The zero-order valence-electron chi connectivity index (χ0n) is 12.1. The Labute approximate surface area is 121 Å². The van der Waals surface area contributed by atoms with Crippen molar-refractivity contribution in [3.05, 3.63) is 23.8 Å². The van der Waals surface area contributed by atoms with Crippen LogP contribution < -0.4 is 5.73 Å². The first kappa shape index (κ1) is 15.6. The van der Waals surface area contributed by atoms with Gasteiger partial charge in [-0.15, -0.1) is 0 Å². The van der Waals surface area contributed by atoms with E-state index in [9.17, 15) is 13.2 Å². The van der Waals surface area contributed by atoms with Crippen LogP contribution in [0.1, 0.15) is 18.4 Å². The number of unbranched alkanes of at least 4 members (excludes halogenated alkanes) is 1. The molecule has 1 aromatic carbocycles. The van der Waals surface area contributed by atoms with Gasteiger partial charge in [0.2, 0.25) is 5.95 Å². The molecule has 0 spiro atoms. The Hall–Kier alpha value is -1.76. The number of nitrogens with zero attached hydrogens (tertiary/aromatic N) is 3. The van der Waals surface area contributed by atoms with Crippen LogP contribution in [0.2, 0.25) is 0 Å². The van der Waals surface area contributed by atoms with Crippen LogP contribution in [0.3, 0.4) is 0 Å². The van der Waals surface area contributed by atoms with Gasteiger partial charge in [-0.05, 0) is 51.7 Å². The van der Waals surface area contributed by atoms with E-state index < -0.39 is 11.7 Å². The van der Waals surface area contributed by atoms with Gasteiger partial charge in [0.1, 0.15) is 0 Å². The average molecular weight is 300 g/mol. The normalized spacial score (nSPS) is 12.5. The molecule has 0 aliphatic carbocycles. The van der Waals surface area contributed by atoms with Gasteiger partial charge in [-0.3, -0.25) is 0 Å². The highest BCUT2D eigenvalue weighted by atomic mass is 19.4. The minimum absolute atomic E-state index is 0.258. The number of imidazole rings is 1. The number of aromatic nitrogens is 2. The number of hydrogen-bond acceptors (Lipinski definition) is 3. The van der Waals surface area contributed by atoms with E-state index in [1.165, 1.54) is 6.07 Å². The van der Waals surface area contributed by atoms with Crippen LogP contribution in [-0.4, -0.2) is 35.1 Å². The smallest absolute Gasteiger partial charge is 0.369 e. The molecule has 0 aliphatic rings. The predicted octanol–water partition coefficient (Wildman–Crippen LogP) is 2.98. The van der Waals surface area contributed by atoms with Gasteiger partial charge in [0, 0.05) is 6.54 Å². The summed E-state index contributed by atoms with van der Waals surface area (Å²) in [4.78, 5) is 6.12. The number of rotatable bonds is 5. The second-order valence-electron chi connectivity index (χ2n) is 5.33. The highest BCUT2D eigenvalue weighted by molar-refractivity contribution is 5.79. The molecule has 2 rings (SSSR count). The van der Waals surface area contributed by atoms with Crippen LogP contribution >= 0.6 is 0 Å². The molecule has 0 atom stereocenters. The van der Waals surface area contributed by atoms with E-state index in [2.05, 4.69) is 9.88 Å². The number of anilines is 1. The van der Waals surface area contributed by atoms with E-state index in [4.69, 9.17) is 5.73 Å². The first-order valence-electron chi connectivity index (χ1n) is 6.76. The second kappa shape index (κ2) is 5.93. The van der Waals surface area contributed by atoms with E-state index in [1.54, 1.807) is 4.57 Å². The fourth-order valence-corrected chi connectivity index (χ4v) is 2.26. The largest absolute Gasteiger partial charge is 0.416 e. The lowest BCUT2D eigenvalue weighted by molar-refractivity contribution is -0.137. The maximum atomic E-state index is 12.7. The third-order valence-electron chi connectivity index (χ3n) is 3.34. The summed E-state index contributed by atoms with van der Waals surface area (Å²) in [5.41, 5.74) is 6.04. The van der Waals surface area contributed by atoms with Crippen molar-refractivity contribution in [1.29, 1.82) is 0 Å². The maximum Gasteiger partial charge on any atom is 0.416 e. The van der Waals surface area contributed by atoms with Crippen molar-refractivity contribution in [2.24, 2.45) is 0 Å². The summed E-state index contributed by atoms with van der Waals surface area (Å²) in [6.45, 7) is 1.62. The Morgan fingerprint density at radius 2 is 1.95 bits per heavy atom. The molecule has 0 amide bonds. The fourth-order valence-electron chi connectivity index (χ4n) is 2.26. The topological polar surface area (TPSA) is 47.1 Å². The monoisotopic (exact) mass is 300 g/mol. The van der Waals surface area contributed by atoms with Gasteiger partial charge in [0.25, 0.3) is 0 Å². The Morgan fingerprint density at radius 3 is 2.57 bits per heavy atom. The number of hydrogen-bond donors (Lipinski definition) is 1. The standard InChI is InChI=1S/C14H19F3N4/c1-20(2)7-3-4-8-21-12-6-5-10(14(15,16)17)9-11(12)19-13(21)18/h5-6,9H,3-4,7-8H2,1-2H3,(H2,18,19). The summed E-state index contributed by atoms with van der Waals surface area (Å²) in [5.74, 6) is 0.258. The van der Waals surface area contributed by atoms with E-state index in [0.717, 1.165) is 31.5 Å². The Kier molecular flexibility index (Phi) is 4.41. The van der Waals surface area contributed by atoms with Crippen molar-refractivity contribution < 1.29 is 13.2 Å². The number of benzene rings is 1. The minimum Gasteiger partial charge on any atom is -0.369 e. The Balaban J connectivity index is 2.19. The van der Waals surface area contributed by atoms with Crippen molar-refractivity contribution in [2.75, 3.05) is 26.4 Å². The number of alkyl halides is 3. The number of aryl methyl sites for hydroxylation is 1. The van der Waals surface area contributed by atoms with E-state index >= 15 is 0 Å². The fraction of sp³-hybridized carbons (Fsp3) is 0.500. The van der Waals surface area contributed by atoms with Crippen LogP contribution in [0.25, 0.3) is 11.0 Å². The second-order valence-corrected chi connectivity index (χ2v) is 5.33. The van der Waals surface area contributed by atoms with Gasteiger partial charge in [-0.2, -0.15) is 13.2 Å². The van der Waals surface area contributed by atoms with Crippen LogP contribution in [0, 0.1) is 0 Å². The molecule has 0 saturated heterocycles. The molecular weight excluding hydrogens is 281 g/mol. The molecule has 0 aliphatic heterocycles. The van der Waals surface area contributed by atoms with Crippen molar-refractivity contribution in [3.63, 3.8) is 0 Å². The first-order valence-corrected chi connectivity index (χ1v) is 6.76. The van der Waals surface area contributed by atoms with Crippen molar-refractivity contribution in [1.82, 2.24) is 14.5 Å². The zero-order valence-corrected chi connectivity index (χ0v) is 12.1. The lowest BCUT2D eigenvalue weighted by atomic mass is 10.2. The van der Waals surface area contributed by atoms with Gasteiger partial charge in [-0.1, -0.05) is 0 Å². The molecule has 0 saturated carbocycles. The lowest BCUT2D eigenvalue weighted by Crippen LogP contribution is -2.13. The summed E-state index contributed by atoms with van der Waals surface area (Å²) in [7, 11) is 4.00. The molecule has 0 radical (unpaired) electrons. The maximum absolute atomic E-state index is 12.7. The number of nitrogen functional groups attached to an aromatic ring is 1. The summed E-state index contributed by atoms with van der Waals surface area (Å²) >= 11 is 0. The highest BCUT2D eigenvalue weighted by Crippen LogP contribution is 2.31. The molecule has 0 unspecified atom stereocenters. The molecule has 0 fully saturated rings. The summed E-state index contributed by atoms with van der Waals surface area (Å²) < 4.78 is 39.8. The van der Waals surface area contributed by atoms with Crippen LogP contribution in [0.4, 0.5) is 19.1 Å². The van der Waals surface area contributed by atoms with E-state index in [-0.39, 0.29) is 11.5 Å². The van der Waals surface area contributed by atoms with Gasteiger partial charge in [0.05, 0.1) is 16.6 Å². The molecule has 1 heterocycles. The Morgan fingerprint density at radius 1 is 1.24 bits per heavy atom. The summed E-state index contributed by atoms with van der Waals surface area (Å²) in [6.07, 6.45) is -2.47. The minimum atomic E-state index is -4.36. The molecule has 7 heteroatoms. The number of nitrogens with two attached hydrogens (primary N) is 1. The van der Waals surface area contributed by atoms with Gasteiger partial charge < -0.3 is 15.2 Å². The van der Waals surface area contributed by atoms with Crippen molar-refractivity contribution in [2.45, 2.75) is 25.6 Å². The molecule has 21 heavy (non-hydrogen) atoms. The number of halogens is 3. The average Bonchev–Trinajstić information content (AvgIpc) is 2.68. The molecule has 4 nitrogen and oxygen atoms in total. The Bertz CT molecular complexity index is 616. The molecule has 2 N–H and O–H groups in total. The molecular formula is C14H19F3N4. The van der Waals surface area contributed by atoms with Crippen LogP contribution in [0.15, 0.2) is 18.2 Å². The summed E-state index contributed by atoms with van der Waals surface area (Å²) in [5, 5.41) is 0. The zero-order chi connectivity index (χ0) is 15.6. The molecule has 2 aromatic rings. The van der Waals surface area contributed by atoms with E-state index in [1.807, 2.05) is 14.1 Å². The highest BCUT2D eigenvalue weighted by Gasteiger charge is 2.31. The van der Waals surface area contributed by atoms with Crippen LogP contribution in [0.5, 0.6) is 0 Å². The SMILES string of the molecule is CN(C)CCCCn1c(N)nc2cc(C(F)(F)F)ccc21. The quantitative estimate of drug-likeness (QED) is 0.864. The summed E-state index contributed by atoms with van der Waals surface area (Å²) in [6, 6.07) is 3.55. The van der Waals surface area contributed by atoms with Crippen LogP contribution in [-0.2, 0) is 12.7 Å². The third-order valence-corrected chi connectivity index (χ3v) is 3.34.